The summed E-state index contributed by atoms with van der Waals surface area (Å²) in [5.41, 5.74) is 6.29. The van der Waals surface area contributed by atoms with Gasteiger partial charge in [0, 0.05) is 11.7 Å². The van der Waals surface area contributed by atoms with Gasteiger partial charge in [0.05, 0.1) is 16.6 Å². The van der Waals surface area contributed by atoms with Gasteiger partial charge in [0.15, 0.2) is 9.84 Å². The number of carbonyl (C=O) groups is 1. The van der Waals surface area contributed by atoms with Crippen molar-refractivity contribution in [3.8, 4) is 0 Å². The largest absolute Gasteiger partial charge is 0.326 e. The van der Waals surface area contributed by atoms with Crippen LogP contribution in [0.5, 0.6) is 0 Å². The van der Waals surface area contributed by atoms with Crippen LogP contribution in [0.2, 0.25) is 0 Å². The van der Waals surface area contributed by atoms with Crippen molar-refractivity contribution >= 4 is 21.4 Å². The highest BCUT2D eigenvalue weighted by molar-refractivity contribution is 7.91. The molecule has 0 bridgehead atoms. The van der Waals surface area contributed by atoms with Crippen LogP contribution in [0.15, 0.2) is 41.3 Å². The molecular formula is C14H18N2O3S. The third kappa shape index (κ3) is 3.26. The first-order valence-electron chi connectivity index (χ1n) is 6.50. The third-order valence-corrected chi connectivity index (χ3v) is 5.06. The van der Waals surface area contributed by atoms with E-state index >= 15 is 0 Å². The Bertz CT molecular complexity index is 620. The van der Waals surface area contributed by atoms with Gasteiger partial charge in [-0.3, -0.25) is 4.79 Å². The summed E-state index contributed by atoms with van der Waals surface area (Å²) in [7, 11) is -3.21. The van der Waals surface area contributed by atoms with Crippen LogP contribution in [0.4, 0.5) is 5.69 Å². The summed E-state index contributed by atoms with van der Waals surface area (Å²) in [6.07, 6.45) is 4.23. The van der Waals surface area contributed by atoms with Crippen molar-refractivity contribution in [1.29, 1.82) is 0 Å². The van der Waals surface area contributed by atoms with E-state index in [1.165, 1.54) is 12.1 Å². The van der Waals surface area contributed by atoms with E-state index in [2.05, 4.69) is 5.32 Å². The van der Waals surface area contributed by atoms with Crippen molar-refractivity contribution in [1.82, 2.24) is 0 Å². The molecule has 0 spiro atoms. The van der Waals surface area contributed by atoms with Crippen molar-refractivity contribution in [2.75, 3.05) is 11.1 Å². The molecule has 0 radical (unpaired) electrons. The first-order chi connectivity index (χ1) is 9.42. The molecular weight excluding hydrogens is 276 g/mol. The van der Waals surface area contributed by atoms with Crippen LogP contribution in [0.3, 0.4) is 0 Å². The third-order valence-electron chi connectivity index (χ3n) is 3.31. The molecule has 1 aromatic rings. The summed E-state index contributed by atoms with van der Waals surface area (Å²) in [4.78, 5) is 12.2. The van der Waals surface area contributed by atoms with Gasteiger partial charge in [-0.1, -0.05) is 19.1 Å². The molecule has 1 aliphatic rings. The molecule has 108 valence electrons. The minimum atomic E-state index is -3.21. The van der Waals surface area contributed by atoms with Crippen LogP contribution in [0.25, 0.3) is 0 Å². The number of carbonyl (C=O) groups excluding carboxylic acids is 1. The van der Waals surface area contributed by atoms with E-state index < -0.39 is 9.84 Å². The Balaban J connectivity index is 2.04. The highest BCUT2D eigenvalue weighted by atomic mass is 32.2. The molecule has 1 aliphatic carbocycles. The zero-order chi connectivity index (χ0) is 14.8. The Labute approximate surface area is 118 Å². The lowest BCUT2D eigenvalue weighted by Gasteiger charge is -2.11. The molecule has 0 saturated carbocycles. The standard InChI is InChI=1S/C14H18N2O3S/c1-2-20(18,19)13-7-5-12(6-8-13)16-14(17)10-3-4-11(15)9-10/h3-8,10-11H,2,9,15H2,1H3,(H,16,17). The Morgan fingerprint density at radius 2 is 1.95 bits per heavy atom. The predicted octanol–water partition coefficient (Wildman–Crippen LogP) is 1.32. The maximum atomic E-state index is 12.0. The van der Waals surface area contributed by atoms with Crippen LogP contribution in [0.1, 0.15) is 13.3 Å². The second kappa shape index (κ2) is 5.76. The van der Waals surface area contributed by atoms with E-state index in [-0.39, 0.29) is 28.5 Å². The predicted molar refractivity (Wildman–Crippen MR) is 78.0 cm³/mol. The van der Waals surface area contributed by atoms with Gasteiger partial charge in [-0.15, -0.1) is 0 Å². The monoisotopic (exact) mass is 294 g/mol. The lowest BCUT2D eigenvalue weighted by molar-refractivity contribution is -0.118. The summed E-state index contributed by atoms with van der Waals surface area (Å²) < 4.78 is 23.3. The van der Waals surface area contributed by atoms with Gasteiger partial charge in [-0.05, 0) is 30.7 Å². The molecule has 0 aliphatic heterocycles. The second-order valence-electron chi connectivity index (χ2n) is 4.81. The zero-order valence-corrected chi connectivity index (χ0v) is 12.1. The first kappa shape index (κ1) is 14.7. The van der Waals surface area contributed by atoms with Crippen LogP contribution in [0, 0.1) is 5.92 Å². The van der Waals surface area contributed by atoms with E-state index in [9.17, 15) is 13.2 Å². The number of rotatable bonds is 4. The summed E-state index contributed by atoms with van der Waals surface area (Å²) in [6, 6.07) is 6.13. The van der Waals surface area contributed by atoms with E-state index in [1.54, 1.807) is 25.1 Å². The zero-order valence-electron chi connectivity index (χ0n) is 11.2. The number of nitrogens with one attached hydrogen (secondary N) is 1. The van der Waals surface area contributed by atoms with Crippen LogP contribution in [-0.4, -0.2) is 26.1 Å². The fourth-order valence-corrected chi connectivity index (χ4v) is 2.95. The maximum Gasteiger partial charge on any atom is 0.231 e. The van der Waals surface area contributed by atoms with Crippen molar-refractivity contribution in [3.63, 3.8) is 0 Å². The molecule has 6 heteroatoms. The Morgan fingerprint density at radius 1 is 1.30 bits per heavy atom. The van der Waals surface area contributed by atoms with Crippen molar-refractivity contribution < 1.29 is 13.2 Å². The lowest BCUT2D eigenvalue weighted by atomic mass is 10.1. The lowest BCUT2D eigenvalue weighted by Crippen LogP contribution is -2.23. The smallest absolute Gasteiger partial charge is 0.231 e. The van der Waals surface area contributed by atoms with E-state index in [0.717, 1.165) is 0 Å². The van der Waals surface area contributed by atoms with Gasteiger partial charge in [-0.25, -0.2) is 8.42 Å². The number of nitrogens with two attached hydrogens (primary N) is 1. The van der Waals surface area contributed by atoms with Gasteiger partial charge in [-0.2, -0.15) is 0 Å². The van der Waals surface area contributed by atoms with Crippen molar-refractivity contribution in [2.24, 2.45) is 11.7 Å². The number of hydrogen-bond acceptors (Lipinski definition) is 4. The number of benzene rings is 1. The quantitative estimate of drug-likeness (QED) is 0.820. The Hall–Kier alpha value is -1.66. The SMILES string of the molecule is CCS(=O)(=O)c1ccc(NC(=O)C2C=CC(N)C2)cc1. The van der Waals surface area contributed by atoms with Gasteiger partial charge < -0.3 is 11.1 Å². The molecule has 0 fully saturated rings. The number of amides is 1. The molecule has 0 heterocycles. The van der Waals surface area contributed by atoms with Gasteiger partial charge in [0.1, 0.15) is 0 Å². The molecule has 1 aromatic carbocycles. The molecule has 1 amide bonds. The van der Waals surface area contributed by atoms with E-state index in [4.69, 9.17) is 5.73 Å². The van der Waals surface area contributed by atoms with Crippen molar-refractivity contribution in [2.45, 2.75) is 24.3 Å². The van der Waals surface area contributed by atoms with E-state index in [1.807, 2.05) is 6.08 Å². The first-order valence-corrected chi connectivity index (χ1v) is 8.15. The van der Waals surface area contributed by atoms with Crippen LogP contribution in [-0.2, 0) is 14.6 Å². The van der Waals surface area contributed by atoms with Crippen LogP contribution < -0.4 is 11.1 Å². The number of sulfone groups is 1. The van der Waals surface area contributed by atoms with E-state index in [0.29, 0.717) is 12.1 Å². The van der Waals surface area contributed by atoms with Gasteiger partial charge in [0.25, 0.3) is 0 Å². The molecule has 2 atom stereocenters. The number of anilines is 1. The minimum Gasteiger partial charge on any atom is -0.326 e. The molecule has 5 nitrogen and oxygen atoms in total. The summed E-state index contributed by atoms with van der Waals surface area (Å²) in [5.74, 6) is -0.284. The fraction of sp³-hybridized carbons (Fsp3) is 0.357. The summed E-state index contributed by atoms with van der Waals surface area (Å²) in [6.45, 7) is 1.60. The molecule has 3 N–H and O–H groups in total. The summed E-state index contributed by atoms with van der Waals surface area (Å²) in [5, 5.41) is 2.76. The molecule has 0 saturated heterocycles. The normalized spacial score (nSPS) is 21.9. The van der Waals surface area contributed by atoms with Crippen LogP contribution >= 0.6 is 0 Å². The average Bonchev–Trinajstić information content (AvgIpc) is 2.86. The Kier molecular flexibility index (Phi) is 4.25. The summed E-state index contributed by atoms with van der Waals surface area (Å²) >= 11 is 0. The second-order valence-corrected chi connectivity index (χ2v) is 7.09. The molecule has 20 heavy (non-hydrogen) atoms. The highest BCUT2D eigenvalue weighted by Crippen LogP contribution is 2.20. The van der Waals surface area contributed by atoms with Gasteiger partial charge in [0.2, 0.25) is 5.91 Å². The maximum absolute atomic E-state index is 12.0. The highest BCUT2D eigenvalue weighted by Gasteiger charge is 2.22. The number of hydrogen-bond donors (Lipinski definition) is 2. The fourth-order valence-electron chi connectivity index (χ4n) is 2.07. The molecule has 2 unspecified atom stereocenters. The topological polar surface area (TPSA) is 89.3 Å². The molecule has 0 aromatic heterocycles. The average molecular weight is 294 g/mol. The van der Waals surface area contributed by atoms with Crippen molar-refractivity contribution in [3.05, 3.63) is 36.4 Å². The van der Waals surface area contributed by atoms with Gasteiger partial charge >= 0.3 is 0 Å². The minimum absolute atomic E-state index is 0.0590. The Morgan fingerprint density at radius 3 is 2.45 bits per heavy atom. The molecule has 2 rings (SSSR count).